The molecule has 2 N–H and O–H groups in total. The Labute approximate surface area is 140 Å². The van der Waals surface area contributed by atoms with Gasteiger partial charge in [0.1, 0.15) is 22.8 Å². The van der Waals surface area contributed by atoms with E-state index in [9.17, 15) is 28.5 Å². The van der Waals surface area contributed by atoms with Crippen molar-refractivity contribution in [1.29, 1.82) is 0 Å². The van der Waals surface area contributed by atoms with Crippen molar-refractivity contribution >= 4 is 17.5 Å². The quantitative estimate of drug-likeness (QED) is 0.473. The van der Waals surface area contributed by atoms with Crippen molar-refractivity contribution in [2.75, 3.05) is 13.1 Å². The van der Waals surface area contributed by atoms with Gasteiger partial charge in [0, 0.05) is 19.2 Å². The molecule has 0 aliphatic heterocycles. The number of rotatable bonds is 6. The first-order chi connectivity index (χ1) is 11.9. The second kappa shape index (κ2) is 7.95. The summed E-state index contributed by atoms with van der Waals surface area (Å²) < 4.78 is 26.9. The van der Waals surface area contributed by atoms with Gasteiger partial charge >= 0.3 is 0 Å². The van der Waals surface area contributed by atoms with Gasteiger partial charge in [-0.3, -0.25) is 19.7 Å². The van der Waals surface area contributed by atoms with Gasteiger partial charge in [0.2, 0.25) is 0 Å². The lowest BCUT2D eigenvalue weighted by molar-refractivity contribution is -0.385. The van der Waals surface area contributed by atoms with Gasteiger partial charge < -0.3 is 10.6 Å². The van der Waals surface area contributed by atoms with E-state index in [0.717, 1.165) is 18.2 Å². The predicted octanol–water partition coefficient (Wildman–Crippen LogP) is 2.03. The number of nitro benzene ring substituents is 1. The monoisotopic (exact) mass is 349 g/mol. The molecule has 7 nitrogen and oxygen atoms in total. The first kappa shape index (κ1) is 18.0. The lowest BCUT2D eigenvalue weighted by atomic mass is 10.1. The highest BCUT2D eigenvalue weighted by molar-refractivity contribution is 5.98. The third-order valence-electron chi connectivity index (χ3n) is 3.23. The van der Waals surface area contributed by atoms with Crippen molar-refractivity contribution in [3.05, 3.63) is 75.3 Å². The van der Waals surface area contributed by atoms with Crippen molar-refractivity contribution in [2.24, 2.45) is 0 Å². The van der Waals surface area contributed by atoms with Crippen molar-refractivity contribution in [3.63, 3.8) is 0 Å². The highest BCUT2D eigenvalue weighted by Crippen LogP contribution is 2.17. The fraction of sp³-hybridized carbons (Fsp3) is 0.125. The van der Waals surface area contributed by atoms with Crippen LogP contribution in [0.25, 0.3) is 0 Å². The molecule has 0 aliphatic rings. The summed E-state index contributed by atoms with van der Waals surface area (Å²) in [5, 5.41) is 15.5. The molecule has 2 amide bonds. The normalized spacial score (nSPS) is 10.2. The number of carbonyl (C=O) groups is 2. The number of hydrogen-bond acceptors (Lipinski definition) is 4. The topological polar surface area (TPSA) is 101 Å². The summed E-state index contributed by atoms with van der Waals surface area (Å²) in [7, 11) is 0. The molecule has 2 rings (SSSR count). The Balaban J connectivity index is 1.90. The first-order valence-corrected chi connectivity index (χ1v) is 7.15. The number of carbonyl (C=O) groups excluding carboxylic acids is 2. The average molecular weight is 349 g/mol. The summed E-state index contributed by atoms with van der Waals surface area (Å²) in [5.74, 6) is -3.66. The molecular weight excluding hydrogens is 336 g/mol. The van der Waals surface area contributed by atoms with Gasteiger partial charge in [-0.25, -0.2) is 8.78 Å². The minimum Gasteiger partial charge on any atom is -0.350 e. The molecule has 0 unspecified atom stereocenters. The molecule has 0 radical (unpaired) electrons. The van der Waals surface area contributed by atoms with Gasteiger partial charge in [0.25, 0.3) is 17.5 Å². The van der Waals surface area contributed by atoms with Gasteiger partial charge in [0.15, 0.2) is 0 Å². The second-order valence-corrected chi connectivity index (χ2v) is 4.88. The Kier molecular flexibility index (Phi) is 5.72. The number of nitrogens with zero attached hydrogens (tertiary/aromatic N) is 1. The summed E-state index contributed by atoms with van der Waals surface area (Å²) in [6.45, 7) is -0.189. The maximum atomic E-state index is 13.4. The molecule has 0 bridgehead atoms. The minimum atomic E-state index is -0.999. The van der Waals surface area contributed by atoms with E-state index < -0.39 is 33.9 Å². The van der Waals surface area contributed by atoms with E-state index >= 15 is 0 Å². The third-order valence-corrected chi connectivity index (χ3v) is 3.23. The number of para-hydroxylation sites is 1. The Bertz CT molecular complexity index is 807. The van der Waals surface area contributed by atoms with Gasteiger partial charge in [-0.05, 0) is 18.2 Å². The molecule has 0 spiro atoms. The van der Waals surface area contributed by atoms with Crippen LogP contribution in [-0.4, -0.2) is 29.8 Å². The third kappa shape index (κ3) is 4.34. The van der Waals surface area contributed by atoms with Crippen LogP contribution < -0.4 is 10.6 Å². The van der Waals surface area contributed by atoms with Crippen molar-refractivity contribution in [2.45, 2.75) is 0 Å². The van der Waals surface area contributed by atoms with E-state index in [1.807, 2.05) is 0 Å². The number of amides is 2. The van der Waals surface area contributed by atoms with Crippen molar-refractivity contribution in [3.8, 4) is 0 Å². The van der Waals surface area contributed by atoms with E-state index in [-0.39, 0.29) is 24.3 Å². The standard InChI is InChI=1S/C16H13F2N3O4/c17-11-5-3-6-12(18)14(11)16(23)20-9-8-19-15(22)10-4-1-2-7-13(10)21(24)25/h1-7H,8-9H2,(H,19,22)(H,20,23). The van der Waals surface area contributed by atoms with Crippen molar-refractivity contribution < 1.29 is 23.3 Å². The van der Waals surface area contributed by atoms with E-state index in [2.05, 4.69) is 10.6 Å². The summed E-state index contributed by atoms with van der Waals surface area (Å²) in [5.41, 5.74) is -1.19. The van der Waals surface area contributed by atoms with E-state index in [1.165, 1.54) is 24.3 Å². The van der Waals surface area contributed by atoms with Crippen LogP contribution in [-0.2, 0) is 0 Å². The molecule has 0 heterocycles. The Morgan fingerprint density at radius 3 is 2.08 bits per heavy atom. The van der Waals surface area contributed by atoms with E-state index in [4.69, 9.17) is 0 Å². The van der Waals surface area contributed by atoms with Crippen LogP contribution in [0.1, 0.15) is 20.7 Å². The minimum absolute atomic E-state index is 0.0767. The van der Waals surface area contributed by atoms with Gasteiger partial charge in [-0.15, -0.1) is 0 Å². The molecule has 2 aromatic rings. The zero-order valence-corrected chi connectivity index (χ0v) is 12.8. The Morgan fingerprint density at radius 1 is 0.920 bits per heavy atom. The molecule has 25 heavy (non-hydrogen) atoms. The molecule has 130 valence electrons. The van der Waals surface area contributed by atoms with Gasteiger partial charge in [-0.1, -0.05) is 18.2 Å². The van der Waals surface area contributed by atoms with Crippen LogP contribution in [0.5, 0.6) is 0 Å². The largest absolute Gasteiger partial charge is 0.350 e. The maximum absolute atomic E-state index is 13.4. The fourth-order valence-corrected chi connectivity index (χ4v) is 2.08. The zero-order valence-electron chi connectivity index (χ0n) is 12.8. The lowest BCUT2D eigenvalue weighted by Gasteiger charge is -2.08. The summed E-state index contributed by atoms with van der Waals surface area (Å²) in [6, 6.07) is 8.43. The molecule has 0 aromatic heterocycles. The van der Waals surface area contributed by atoms with Crippen LogP contribution in [0.15, 0.2) is 42.5 Å². The second-order valence-electron chi connectivity index (χ2n) is 4.88. The lowest BCUT2D eigenvalue weighted by Crippen LogP contribution is -2.35. The Hall–Kier alpha value is -3.36. The fourth-order valence-electron chi connectivity index (χ4n) is 2.08. The van der Waals surface area contributed by atoms with Crippen molar-refractivity contribution in [1.82, 2.24) is 10.6 Å². The van der Waals surface area contributed by atoms with E-state index in [1.54, 1.807) is 0 Å². The van der Waals surface area contributed by atoms with E-state index in [0.29, 0.717) is 0 Å². The van der Waals surface area contributed by atoms with Crippen LogP contribution in [0.2, 0.25) is 0 Å². The zero-order chi connectivity index (χ0) is 18.4. The number of halogens is 2. The molecule has 0 saturated heterocycles. The highest BCUT2D eigenvalue weighted by Gasteiger charge is 2.19. The van der Waals surface area contributed by atoms with Gasteiger partial charge in [-0.2, -0.15) is 0 Å². The summed E-state index contributed by atoms with van der Waals surface area (Å²) in [4.78, 5) is 33.9. The number of nitrogens with one attached hydrogen (secondary N) is 2. The molecule has 0 saturated carbocycles. The number of nitro groups is 1. The average Bonchev–Trinajstić information content (AvgIpc) is 2.58. The molecule has 0 aliphatic carbocycles. The maximum Gasteiger partial charge on any atom is 0.282 e. The predicted molar refractivity (Wildman–Crippen MR) is 84.1 cm³/mol. The Morgan fingerprint density at radius 2 is 1.48 bits per heavy atom. The SMILES string of the molecule is O=C(NCCNC(=O)c1c(F)cccc1F)c1ccccc1[N+](=O)[O-]. The summed E-state index contributed by atoms with van der Waals surface area (Å²) >= 11 is 0. The first-order valence-electron chi connectivity index (χ1n) is 7.15. The molecule has 0 atom stereocenters. The molecule has 0 fully saturated rings. The van der Waals surface area contributed by atoms with Gasteiger partial charge in [0.05, 0.1) is 4.92 Å². The molecule has 2 aromatic carbocycles. The molecular formula is C16H13F2N3O4. The molecule has 9 heteroatoms. The van der Waals surface area contributed by atoms with Crippen LogP contribution >= 0.6 is 0 Å². The van der Waals surface area contributed by atoms with Crippen LogP contribution in [0.3, 0.4) is 0 Å². The number of benzene rings is 2. The highest BCUT2D eigenvalue weighted by atomic mass is 19.1. The van der Waals surface area contributed by atoms with Crippen LogP contribution in [0.4, 0.5) is 14.5 Å². The van der Waals surface area contributed by atoms with Crippen LogP contribution in [0, 0.1) is 21.7 Å². The summed E-state index contributed by atoms with van der Waals surface area (Å²) in [6.07, 6.45) is 0. The smallest absolute Gasteiger partial charge is 0.282 e. The number of hydrogen-bond donors (Lipinski definition) is 2.